The number of hydrogen-bond acceptors (Lipinski definition) is 5. The first-order valence-electron chi connectivity index (χ1n) is 6.84. The maximum absolute atomic E-state index is 12.2. The van der Waals surface area contributed by atoms with Crippen LogP contribution >= 0.6 is 0 Å². The average molecular weight is 303 g/mol. The summed E-state index contributed by atoms with van der Waals surface area (Å²) >= 11 is 0. The zero-order chi connectivity index (χ0) is 16.1. The van der Waals surface area contributed by atoms with Gasteiger partial charge >= 0.3 is 5.97 Å². The van der Waals surface area contributed by atoms with Crippen LogP contribution in [0.2, 0.25) is 0 Å². The first-order chi connectivity index (χ1) is 10.5. The van der Waals surface area contributed by atoms with E-state index in [2.05, 4.69) is 20.8 Å². The fraction of sp³-hybridized carbons (Fsp3) is 0.357. The average Bonchev–Trinajstić information content (AvgIpc) is 3.00. The number of carboxylic acid groups (broad SMARTS) is 1. The van der Waals surface area contributed by atoms with E-state index in [9.17, 15) is 14.7 Å². The van der Waals surface area contributed by atoms with Gasteiger partial charge in [0.1, 0.15) is 12.4 Å². The number of carboxylic acids is 1. The first-order valence-corrected chi connectivity index (χ1v) is 6.84. The van der Waals surface area contributed by atoms with Gasteiger partial charge in [0.2, 0.25) is 0 Å². The molecule has 0 aliphatic carbocycles. The van der Waals surface area contributed by atoms with Gasteiger partial charge in [0.05, 0.1) is 5.69 Å². The lowest BCUT2D eigenvalue weighted by molar-refractivity contribution is -0.139. The lowest BCUT2D eigenvalue weighted by atomic mass is 10.0. The van der Waals surface area contributed by atoms with Crippen LogP contribution in [0.1, 0.15) is 30.6 Å². The van der Waals surface area contributed by atoms with Crippen LogP contribution in [0.15, 0.2) is 30.6 Å². The highest BCUT2D eigenvalue weighted by atomic mass is 16.4. The second kappa shape index (κ2) is 6.79. The molecule has 1 aromatic heterocycles. The Hall–Kier alpha value is -2.77. The number of nitrogens with zero attached hydrogens (tertiary/aromatic N) is 4. The molecule has 1 atom stereocenters. The number of aliphatic carboxylic acids is 1. The van der Waals surface area contributed by atoms with Crippen molar-refractivity contribution in [2.45, 2.75) is 26.3 Å². The van der Waals surface area contributed by atoms with Crippen molar-refractivity contribution in [1.29, 1.82) is 0 Å². The van der Waals surface area contributed by atoms with Crippen LogP contribution in [0.5, 0.6) is 0 Å². The molecule has 0 aliphatic heterocycles. The molecule has 0 fully saturated rings. The lowest BCUT2D eigenvalue weighted by Crippen LogP contribution is -2.41. The van der Waals surface area contributed by atoms with Gasteiger partial charge in [-0.3, -0.25) is 4.79 Å². The van der Waals surface area contributed by atoms with Gasteiger partial charge in [-0.25, -0.2) is 9.48 Å². The molecule has 2 aromatic rings. The summed E-state index contributed by atoms with van der Waals surface area (Å²) in [7, 11) is 0. The molecule has 0 radical (unpaired) electrons. The fourth-order valence-corrected chi connectivity index (χ4v) is 2.00. The highest BCUT2D eigenvalue weighted by Crippen LogP contribution is 2.10. The van der Waals surface area contributed by atoms with Gasteiger partial charge in [-0.05, 0) is 41.0 Å². The summed E-state index contributed by atoms with van der Waals surface area (Å²) in [6.07, 6.45) is 1.78. The van der Waals surface area contributed by atoms with E-state index >= 15 is 0 Å². The number of nitrogens with one attached hydrogen (secondary N) is 1. The molecule has 0 bridgehead atoms. The Bertz CT molecular complexity index is 654. The van der Waals surface area contributed by atoms with Crippen molar-refractivity contribution >= 4 is 11.9 Å². The third-order valence-corrected chi connectivity index (χ3v) is 3.03. The SMILES string of the molecule is CC(C)CC(NC(=O)c1cccc(-n2cnnn2)c1)C(=O)O. The van der Waals surface area contributed by atoms with Crippen molar-refractivity contribution in [2.75, 3.05) is 0 Å². The van der Waals surface area contributed by atoms with Gasteiger partial charge in [0.15, 0.2) is 0 Å². The van der Waals surface area contributed by atoms with E-state index in [4.69, 9.17) is 0 Å². The van der Waals surface area contributed by atoms with Crippen molar-refractivity contribution < 1.29 is 14.7 Å². The number of aromatic nitrogens is 4. The van der Waals surface area contributed by atoms with Crippen molar-refractivity contribution in [3.05, 3.63) is 36.2 Å². The predicted octanol–water partition coefficient (Wildman–Crippen LogP) is 0.891. The molecular formula is C14H17N5O3. The van der Waals surface area contributed by atoms with Gasteiger partial charge in [0.25, 0.3) is 5.91 Å². The van der Waals surface area contributed by atoms with Gasteiger partial charge < -0.3 is 10.4 Å². The number of tetrazole rings is 1. The molecule has 1 heterocycles. The van der Waals surface area contributed by atoms with Crippen LogP contribution in [-0.4, -0.2) is 43.2 Å². The fourth-order valence-electron chi connectivity index (χ4n) is 2.00. The number of benzene rings is 1. The van der Waals surface area contributed by atoms with Crippen molar-refractivity contribution in [1.82, 2.24) is 25.5 Å². The second-order valence-electron chi connectivity index (χ2n) is 5.30. The lowest BCUT2D eigenvalue weighted by Gasteiger charge is -2.16. The molecule has 8 heteroatoms. The number of amides is 1. The van der Waals surface area contributed by atoms with E-state index in [-0.39, 0.29) is 5.92 Å². The highest BCUT2D eigenvalue weighted by molar-refractivity contribution is 5.97. The highest BCUT2D eigenvalue weighted by Gasteiger charge is 2.21. The molecule has 2 rings (SSSR count). The molecule has 1 amide bonds. The molecule has 0 aliphatic rings. The summed E-state index contributed by atoms with van der Waals surface area (Å²) in [5.41, 5.74) is 0.969. The molecule has 2 N–H and O–H groups in total. The minimum Gasteiger partial charge on any atom is -0.480 e. The predicted molar refractivity (Wildman–Crippen MR) is 77.5 cm³/mol. The van der Waals surface area contributed by atoms with Crippen molar-refractivity contribution in [2.24, 2.45) is 5.92 Å². The van der Waals surface area contributed by atoms with Gasteiger partial charge in [-0.1, -0.05) is 19.9 Å². The Kier molecular flexibility index (Phi) is 4.82. The monoisotopic (exact) mass is 303 g/mol. The van der Waals surface area contributed by atoms with Gasteiger partial charge in [-0.15, -0.1) is 5.10 Å². The van der Waals surface area contributed by atoms with E-state index in [0.29, 0.717) is 17.7 Å². The van der Waals surface area contributed by atoms with Crippen LogP contribution in [0, 0.1) is 5.92 Å². The summed E-state index contributed by atoms with van der Waals surface area (Å²) in [6.45, 7) is 3.81. The zero-order valence-corrected chi connectivity index (χ0v) is 12.3. The summed E-state index contributed by atoms with van der Waals surface area (Å²) in [5.74, 6) is -1.32. The Morgan fingerprint density at radius 3 is 2.73 bits per heavy atom. The van der Waals surface area contributed by atoms with Crippen LogP contribution in [-0.2, 0) is 4.79 Å². The molecular weight excluding hydrogens is 286 g/mol. The molecule has 0 spiro atoms. The Labute approximate surface area is 127 Å². The Morgan fingerprint density at radius 2 is 2.14 bits per heavy atom. The third kappa shape index (κ3) is 3.87. The van der Waals surface area contributed by atoms with E-state index in [1.54, 1.807) is 24.3 Å². The minimum atomic E-state index is -1.04. The normalized spacial score (nSPS) is 12.1. The van der Waals surface area contributed by atoms with Crippen LogP contribution in [0.4, 0.5) is 0 Å². The smallest absolute Gasteiger partial charge is 0.326 e. The third-order valence-electron chi connectivity index (χ3n) is 3.03. The van der Waals surface area contributed by atoms with Crippen LogP contribution in [0.3, 0.4) is 0 Å². The maximum Gasteiger partial charge on any atom is 0.326 e. The quantitative estimate of drug-likeness (QED) is 0.820. The summed E-state index contributed by atoms with van der Waals surface area (Å²) in [5, 5.41) is 22.5. The van der Waals surface area contributed by atoms with Crippen LogP contribution in [0.25, 0.3) is 5.69 Å². The van der Waals surface area contributed by atoms with Crippen molar-refractivity contribution in [3.63, 3.8) is 0 Å². The van der Waals surface area contributed by atoms with Gasteiger partial charge in [-0.2, -0.15) is 0 Å². The molecule has 22 heavy (non-hydrogen) atoms. The standard InChI is InChI=1S/C14H17N5O3/c1-9(2)6-12(14(21)22)16-13(20)10-4-3-5-11(7-10)19-8-15-17-18-19/h3-5,7-9,12H,6H2,1-2H3,(H,16,20)(H,21,22). The molecule has 116 valence electrons. The summed E-state index contributed by atoms with van der Waals surface area (Å²) < 4.78 is 1.42. The Balaban J connectivity index is 2.15. The number of carbonyl (C=O) groups is 2. The molecule has 0 saturated carbocycles. The molecule has 0 saturated heterocycles. The van der Waals surface area contributed by atoms with E-state index in [1.165, 1.54) is 11.0 Å². The Morgan fingerprint density at radius 1 is 1.36 bits per heavy atom. The minimum absolute atomic E-state index is 0.161. The largest absolute Gasteiger partial charge is 0.480 e. The number of rotatable bonds is 6. The topological polar surface area (TPSA) is 110 Å². The number of carbonyl (C=O) groups excluding carboxylic acids is 1. The summed E-state index contributed by atoms with van der Waals surface area (Å²) in [6, 6.07) is 5.72. The molecule has 1 unspecified atom stereocenters. The van der Waals surface area contributed by atoms with Crippen molar-refractivity contribution in [3.8, 4) is 5.69 Å². The molecule has 1 aromatic carbocycles. The first kappa shape index (κ1) is 15.6. The van der Waals surface area contributed by atoms with Gasteiger partial charge in [0, 0.05) is 5.56 Å². The zero-order valence-electron chi connectivity index (χ0n) is 12.3. The number of hydrogen-bond donors (Lipinski definition) is 2. The van der Waals surface area contributed by atoms with E-state index in [1.807, 2.05) is 13.8 Å². The van der Waals surface area contributed by atoms with E-state index in [0.717, 1.165) is 0 Å². The van der Waals surface area contributed by atoms with E-state index < -0.39 is 17.9 Å². The second-order valence-corrected chi connectivity index (χ2v) is 5.30. The molecule has 8 nitrogen and oxygen atoms in total. The maximum atomic E-state index is 12.2. The van der Waals surface area contributed by atoms with Crippen LogP contribution < -0.4 is 5.32 Å². The summed E-state index contributed by atoms with van der Waals surface area (Å²) in [4.78, 5) is 23.4.